The first-order valence-corrected chi connectivity index (χ1v) is 6.40. The largest absolute Gasteiger partial charge is 0.485 e. The van der Waals surface area contributed by atoms with Crippen molar-refractivity contribution in [2.75, 3.05) is 0 Å². The van der Waals surface area contributed by atoms with Crippen LogP contribution in [0.15, 0.2) is 41.1 Å². The van der Waals surface area contributed by atoms with Crippen LogP contribution in [-0.4, -0.2) is 9.97 Å². The molecule has 18 heavy (non-hydrogen) atoms. The van der Waals surface area contributed by atoms with Crippen molar-refractivity contribution in [1.29, 1.82) is 0 Å². The van der Waals surface area contributed by atoms with E-state index in [4.69, 9.17) is 10.5 Å². The fourth-order valence-corrected chi connectivity index (χ4v) is 1.90. The van der Waals surface area contributed by atoms with Gasteiger partial charge in [-0.3, -0.25) is 0 Å². The molecule has 0 bridgehead atoms. The molecule has 1 atom stereocenters. The average Bonchev–Trinajstić information content (AvgIpc) is 2.37. The highest BCUT2D eigenvalue weighted by Crippen LogP contribution is 2.28. The van der Waals surface area contributed by atoms with Crippen molar-refractivity contribution in [3.8, 4) is 5.75 Å². The van der Waals surface area contributed by atoms with Crippen molar-refractivity contribution >= 4 is 15.9 Å². The van der Waals surface area contributed by atoms with Crippen molar-refractivity contribution in [3.63, 3.8) is 0 Å². The Bertz CT molecular complexity index is 517. The number of aromatic nitrogens is 2. The average molecular weight is 308 g/mol. The number of nitrogens with two attached hydrogens (primary N) is 1. The lowest BCUT2D eigenvalue weighted by molar-refractivity contribution is 0.291. The van der Waals surface area contributed by atoms with Crippen LogP contribution in [-0.2, 0) is 6.61 Å². The molecule has 0 amide bonds. The van der Waals surface area contributed by atoms with E-state index in [-0.39, 0.29) is 6.04 Å². The molecule has 2 N–H and O–H groups in total. The van der Waals surface area contributed by atoms with E-state index in [9.17, 15) is 0 Å². The maximum atomic E-state index is 5.91. The molecule has 0 aliphatic rings. The van der Waals surface area contributed by atoms with Gasteiger partial charge >= 0.3 is 0 Å². The molecule has 0 aliphatic carbocycles. The van der Waals surface area contributed by atoms with Crippen LogP contribution in [0.25, 0.3) is 0 Å². The smallest absolute Gasteiger partial charge is 0.166 e. The fourth-order valence-electron chi connectivity index (χ4n) is 1.56. The summed E-state index contributed by atoms with van der Waals surface area (Å²) >= 11 is 3.42. The van der Waals surface area contributed by atoms with Crippen molar-refractivity contribution in [2.24, 2.45) is 5.73 Å². The third-order valence-corrected chi connectivity index (χ3v) is 2.94. The summed E-state index contributed by atoms with van der Waals surface area (Å²) in [7, 11) is 0. The van der Waals surface area contributed by atoms with E-state index in [2.05, 4.69) is 25.9 Å². The molecular weight excluding hydrogens is 294 g/mol. The number of nitrogens with zero attached hydrogens (tertiary/aromatic N) is 2. The van der Waals surface area contributed by atoms with Gasteiger partial charge in [-0.05, 0) is 25.1 Å². The van der Waals surface area contributed by atoms with Crippen LogP contribution >= 0.6 is 15.9 Å². The van der Waals surface area contributed by atoms with Crippen LogP contribution in [0.2, 0.25) is 0 Å². The molecule has 0 aliphatic heterocycles. The zero-order chi connectivity index (χ0) is 13.0. The molecule has 0 unspecified atom stereocenters. The summed E-state index contributed by atoms with van der Waals surface area (Å²) in [5.41, 5.74) is 6.87. The first kappa shape index (κ1) is 13.0. The van der Waals surface area contributed by atoms with E-state index < -0.39 is 0 Å². The second-order valence-electron chi connectivity index (χ2n) is 3.92. The van der Waals surface area contributed by atoms with E-state index in [1.807, 2.05) is 25.1 Å². The maximum Gasteiger partial charge on any atom is 0.166 e. The molecule has 4 nitrogen and oxygen atoms in total. The van der Waals surface area contributed by atoms with Gasteiger partial charge in [-0.2, -0.15) is 0 Å². The first-order valence-electron chi connectivity index (χ1n) is 5.60. The Hall–Kier alpha value is -1.46. The van der Waals surface area contributed by atoms with Gasteiger partial charge in [0.2, 0.25) is 0 Å². The lowest BCUT2D eigenvalue weighted by atomic mass is 10.1. The molecule has 5 heteroatoms. The zero-order valence-corrected chi connectivity index (χ0v) is 11.6. The molecule has 0 fully saturated rings. The SMILES string of the molecule is C[C@H](N)c1ccc(Br)cc1OCc1ncccn1. The highest BCUT2D eigenvalue weighted by molar-refractivity contribution is 9.10. The molecule has 1 heterocycles. The summed E-state index contributed by atoms with van der Waals surface area (Å²) in [5.74, 6) is 1.40. The second-order valence-corrected chi connectivity index (χ2v) is 4.84. The van der Waals surface area contributed by atoms with Gasteiger partial charge in [0.25, 0.3) is 0 Å². The van der Waals surface area contributed by atoms with Crippen LogP contribution in [0.3, 0.4) is 0 Å². The van der Waals surface area contributed by atoms with Crippen LogP contribution in [0.5, 0.6) is 5.75 Å². The summed E-state index contributed by atoms with van der Waals surface area (Å²) in [4.78, 5) is 8.22. The van der Waals surface area contributed by atoms with Gasteiger partial charge in [0.05, 0.1) is 0 Å². The lowest BCUT2D eigenvalue weighted by Crippen LogP contribution is -2.09. The summed E-state index contributed by atoms with van der Waals surface area (Å²) in [5, 5.41) is 0. The van der Waals surface area contributed by atoms with Gasteiger partial charge in [-0.15, -0.1) is 0 Å². The summed E-state index contributed by atoms with van der Waals surface area (Å²) in [6, 6.07) is 7.50. The molecular formula is C13H14BrN3O. The monoisotopic (exact) mass is 307 g/mol. The fraction of sp³-hybridized carbons (Fsp3) is 0.231. The summed E-state index contributed by atoms with van der Waals surface area (Å²) in [6.07, 6.45) is 3.39. The number of ether oxygens (including phenoxy) is 1. The highest BCUT2D eigenvalue weighted by Gasteiger charge is 2.09. The van der Waals surface area contributed by atoms with Crippen LogP contribution in [0, 0.1) is 0 Å². The van der Waals surface area contributed by atoms with Crippen LogP contribution in [0.4, 0.5) is 0 Å². The second kappa shape index (κ2) is 5.93. The van der Waals surface area contributed by atoms with E-state index in [0.717, 1.165) is 15.8 Å². The number of rotatable bonds is 4. The predicted octanol–water partition coefficient (Wildman–Crippen LogP) is 2.84. The predicted molar refractivity (Wildman–Crippen MR) is 73.1 cm³/mol. The van der Waals surface area contributed by atoms with E-state index >= 15 is 0 Å². The Morgan fingerprint density at radius 3 is 2.72 bits per heavy atom. The first-order chi connectivity index (χ1) is 8.66. The van der Waals surface area contributed by atoms with Crippen molar-refractivity contribution in [3.05, 3.63) is 52.5 Å². The molecule has 0 radical (unpaired) electrons. The molecule has 0 saturated heterocycles. The maximum absolute atomic E-state index is 5.91. The highest BCUT2D eigenvalue weighted by atomic mass is 79.9. The Labute approximate surface area is 114 Å². The quantitative estimate of drug-likeness (QED) is 0.943. The standard InChI is InChI=1S/C13H14BrN3O/c1-9(15)11-4-3-10(14)7-12(11)18-8-13-16-5-2-6-17-13/h2-7,9H,8,15H2,1H3/t9-/m0/s1. The molecule has 1 aromatic heterocycles. The van der Waals surface area contributed by atoms with Crippen LogP contribution in [0.1, 0.15) is 24.4 Å². The molecule has 0 saturated carbocycles. The molecule has 1 aromatic carbocycles. The third kappa shape index (κ3) is 3.27. The van der Waals surface area contributed by atoms with Crippen molar-refractivity contribution in [1.82, 2.24) is 9.97 Å². The van der Waals surface area contributed by atoms with Gasteiger partial charge < -0.3 is 10.5 Å². The van der Waals surface area contributed by atoms with Gasteiger partial charge in [0, 0.05) is 28.5 Å². The minimum absolute atomic E-state index is 0.0789. The van der Waals surface area contributed by atoms with E-state index in [0.29, 0.717) is 12.4 Å². The zero-order valence-electron chi connectivity index (χ0n) is 10.0. The van der Waals surface area contributed by atoms with Gasteiger partial charge in [-0.25, -0.2) is 9.97 Å². The molecule has 2 aromatic rings. The van der Waals surface area contributed by atoms with E-state index in [1.165, 1.54) is 0 Å². The Morgan fingerprint density at radius 2 is 2.06 bits per heavy atom. The Kier molecular flexibility index (Phi) is 4.28. The number of hydrogen-bond donors (Lipinski definition) is 1. The number of benzene rings is 1. The van der Waals surface area contributed by atoms with Gasteiger partial charge in [-0.1, -0.05) is 22.0 Å². The summed E-state index contributed by atoms with van der Waals surface area (Å²) < 4.78 is 6.68. The lowest BCUT2D eigenvalue weighted by Gasteiger charge is -2.13. The van der Waals surface area contributed by atoms with Crippen LogP contribution < -0.4 is 10.5 Å². The van der Waals surface area contributed by atoms with E-state index in [1.54, 1.807) is 18.5 Å². The molecule has 94 valence electrons. The molecule has 0 spiro atoms. The minimum atomic E-state index is -0.0789. The normalized spacial score (nSPS) is 12.2. The van der Waals surface area contributed by atoms with Gasteiger partial charge in [0.15, 0.2) is 5.82 Å². The molecule has 2 rings (SSSR count). The van der Waals surface area contributed by atoms with Gasteiger partial charge in [0.1, 0.15) is 12.4 Å². The topological polar surface area (TPSA) is 61.0 Å². The Morgan fingerprint density at radius 1 is 1.33 bits per heavy atom. The Balaban J connectivity index is 2.15. The third-order valence-electron chi connectivity index (χ3n) is 2.44. The van der Waals surface area contributed by atoms with Crippen molar-refractivity contribution < 1.29 is 4.74 Å². The summed E-state index contributed by atoms with van der Waals surface area (Å²) in [6.45, 7) is 2.26. The number of hydrogen-bond acceptors (Lipinski definition) is 4. The number of halogens is 1. The van der Waals surface area contributed by atoms with Crippen molar-refractivity contribution in [2.45, 2.75) is 19.6 Å². The minimum Gasteiger partial charge on any atom is -0.485 e.